The molecule has 0 saturated heterocycles. The lowest BCUT2D eigenvalue weighted by atomic mass is 10.2. The molecule has 8 aromatic rings. The summed E-state index contributed by atoms with van der Waals surface area (Å²) in [6, 6.07) is 38.5. The van der Waals surface area contributed by atoms with Crippen LogP contribution in [0.25, 0.3) is 72.7 Å². The molecule has 0 amide bonds. The summed E-state index contributed by atoms with van der Waals surface area (Å²) in [6.07, 6.45) is 0. The molecule has 4 heterocycles. The maximum absolute atomic E-state index is 6.06. The van der Waals surface area contributed by atoms with Crippen LogP contribution in [0.3, 0.4) is 0 Å². The van der Waals surface area contributed by atoms with Crippen molar-refractivity contribution < 1.29 is 4.42 Å². The van der Waals surface area contributed by atoms with Crippen molar-refractivity contribution in [3.63, 3.8) is 0 Å². The van der Waals surface area contributed by atoms with Crippen LogP contribution in [0.5, 0.6) is 0 Å². The first-order valence-corrected chi connectivity index (χ1v) is 12.4. The van der Waals surface area contributed by atoms with E-state index in [0.29, 0.717) is 29.0 Å². The van der Waals surface area contributed by atoms with Crippen molar-refractivity contribution in [1.29, 1.82) is 0 Å². The highest BCUT2D eigenvalue weighted by atomic mass is 16.3. The SMILES string of the molecule is c1ccc(-c2nc(-c3ccc4c(n3)oc3ccccc34)nc(-n3c4ccccc4c4ccccc43)n2)cc1. The fourth-order valence-electron chi connectivity index (χ4n) is 5.16. The largest absolute Gasteiger partial charge is 0.438 e. The summed E-state index contributed by atoms with van der Waals surface area (Å²) in [5.41, 5.74) is 4.96. The second kappa shape index (κ2) is 8.08. The highest BCUT2D eigenvalue weighted by Crippen LogP contribution is 2.33. The lowest BCUT2D eigenvalue weighted by Gasteiger charge is -2.10. The molecule has 0 aliphatic rings. The molecule has 38 heavy (non-hydrogen) atoms. The van der Waals surface area contributed by atoms with Gasteiger partial charge in [-0.3, -0.25) is 4.57 Å². The molecule has 0 fully saturated rings. The van der Waals surface area contributed by atoms with E-state index in [4.69, 9.17) is 24.4 Å². The van der Waals surface area contributed by atoms with Gasteiger partial charge in [0.1, 0.15) is 11.3 Å². The van der Waals surface area contributed by atoms with Gasteiger partial charge in [0.25, 0.3) is 0 Å². The number of pyridine rings is 1. The summed E-state index contributed by atoms with van der Waals surface area (Å²) < 4.78 is 8.16. The van der Waals surface area contributed by atoms with Gasteiger partial charge in [-0.25, -0.2) is 9.97 Å². The molecular weight excluding hydrogens is 470 g/mol. The zero-order chi connectivity index (χ0) is 25.1. The molecule has 4 aromatic heterocycles. The fraction of sp³-hybridized carbons (Fsp3) is 0. The average molecular weight is 490 g/mol. The minimum atomic E-state index is 0.484. The zero-order valence-electron chi connectivity index (χ0n) is 20.1. The van der Waals surface area contributed by atoms with Crippen LogP contribution in [0.1, 0.15) is 0 Å². The monoisotopic (exact) mass is 489 g/mol. The summed E-state index contributed by atoms with van der Waals surface area (Å²) in [7, 11) is 0. The maximum atomic E-state index is 6.06. The molecule has 0 atom stereocenters. The molecule has 6 heteroatoms. The van der Waals surface area contributed by atoms with E-state index in [2.05, 4.69) is 41.0 Å². The molecule has 6 nitrogen and oxygen atoms in total. The van der Waals surface area contributed by atoms with Gasteiger partial charge in [-0.2, -0.15) is 9.97 Å². The van der Waals surface area contributed by atoms with E-state index in [1.54, 1.807) is 0 Å². The van der Waals surface area contributed by atoms with Crippen molar-refractivity contribution in [1.82, 2.24) is 24.5 Å². The molecule has 0 unspecified atom stereocenters. The molecule has 0 saturated carbocycles. The predicted octanol–water partition coefficient (Wildman–Crippen LogP) is 7.60. The Hall–Kier alpha value is -5.36. The van der Waals surface area contributed by atoms with E-state index >= 15 is 0 Å². The van der Waals surface area contributed by atoms with Crippen LogP contribution in [0, 0.1) is 0 Å². The number of aromatic nitrogens is 5. The molecular formula is C32H19N5O. The van der Waals surface area contributed by atoms with E-state index in [-0.39, 0.29) is 0 Å². The summed E-state index contributed by atoms with van der Waals surface area (Å²) in [6.45, 7) is 0. The number of fused-ring (bicyclic) bond motifs is 6. The van der Waals surface area contributed by atoms with Crippen LogP contribution in [0.4, 0.5) is 0 Å². The first-order chi connectivity index (χ1) is 18.8. The number of nitrogens with zero attached hydrogens (tertiary/aromatic N) is 5. The number of hydrogen-bond donors (Lipinski definition) is 0. The fourth-order valence-corrected chi connectivity index (χ4v) is 5.16. The van der Waals surface area contributed by atoms with Crippen LogP contribution in [-0.2, 0) is 0 Å². The van der Waals surface area contributed by atoms with Crippen LogP contribution >= 0.6 is 0 Å². The molecule has 0 radical (unpaired) electrons. The number of furan rings is 1. The Morgan fingerprint density at radius 2 is 1.11 bits per heavy atom. The number of rotatable bonds is 3. The van der Waals surface area contributed by atoms with Gasteiger partial charge in [0.05, 0.1) is 11.0 Å². The Kier molecular flexibility index (Phi) is 4.42. The van der Waals surface area contributed by atoms with Crippen LogP contribution in [0.15, 0.2) is 120 Å². The number of para-hydroxylation sites is 3. The smallest absolute Gasteiger partial charge is 0.238 e. The first kappa shape index (κ1) is 20.8. The van der Waals surface area contributed by atoms with Crippen molar-refractivity contribution in [2.24, 2.45) is 0 Å². The molecule has 0 N–H and O–H groups in total. The van der Waals surface area contributed by atoms with Crippen LogP contribution < -0.4 is 0 Å². The zero-order valence-corrected chi connectivity index (χ0v) is 20.1. The third-order valence-corrected chi connectivity index (χ3v) is 6.91. The molecule has 178 valence electrons. The average Bonchev–Trinajstić information content (AvgIpc) is 3.53. The predicted molar refractivity (Wildman–Crippen MR) is 150 cm³/mol. The molecule has 0 aliphatic heterocycles. The van der Waals surface area contributed by atoms with Gasteiger partial charge in [0, 0.05) is 27.1 Å². The van der Waals surface area contributed by atoms with E-state index in [1.807, 2.05) is 78.9 Å². The Bertz CT molecular complexity index is 2090. The van der Waals surface area contributed by atoms with E-state index < -0.39 is 0 Å². The van der Waals surface area contributed by atoms with Gasteiger partial charge in [-0.1, -0.05) is 84.9 Å². The molecule has 0 bridgehead atoms. The second-order valence-electron chi connectivity index (χ2n) is 9.17. The number of hydrogen-bond acceptors (Lipinski definition) is 5. The Morgan fingerprint density at radius 1 is 0.474 bits per heavy atom. The normalized spacial score (nSPS) is 11.7. The summed E-state index contributed by atoms with van der Waals surface area (Å²) >= 11 is 0. The van der Waals surface area contributed by atoms with Crippen molar-refractivity contribution in [3.8, 4) is 28.9 Å². The third-order valence-electron chi connectivity index (χ3n) is 6.91. The van der Waals surface area contributed by atoms with E-state index in [1.165, 1.54) is 0 Å². The Morgan fingerprint density at radius 3 is 1.87 bits per heavy atom. The molecule has 0 spiro atoms. The standard InChI is InChI=1S/C32H19N5O/c1-2-10-20(11-3-1)29-34-30(25-19-18-24-23-14-6-9-17-28(23)38-31(24)33-25)36-32(35-29)37-26-15-7-4-12-21(26)22-13-5-8-16-27(22)37/h1-19H. The van der Waals surface area contributed by atoms with Crippen molar-refractivity contribution in [2.75, 3.05) is 0 Å². The van der Waals surface area contributed by atoms with Gasteiger partial charge < -0.3 is 4.42 Å². The maximum Gasteiger partial charge on any atom is 0.238 e. The van der Waals surface area contributed by atoms with Gasteiger partial charge >= 0.3 is 0 Å². The Labute approximate surface area is 216 Å². The van der Waals surface area contributed by atoms with Crippen LogP contribution in [-0.4, -0.2) is 24.5 Å². The van der Waals surface area contributed by atoms with Crippen LogP contribution in [0.2, 0.25) is 0 Å². The van der Waals surface area contributed by atoms with Crippen molar-refractivity contribution in [2.45, 2.75) is 0 Å². The van der Waals surface area contributed by atoms with Crippen molar-refractivity contribution in [3.05, 3.63) is 115 Å². The first-order valence-electron chi connectivity index (χ1n) is 12.4. The van der Waals surface area contributed by atoms with Gasteiger partial charge in [0.15, 0.2) is 11.6 Å². The highest BCUT2D eigenvalue weighted by Gasteiger charge is 2.18. The highest BCUT2D eigenvalue weighted by molar-refractivity contribution is 6.09. The lowest BCUT2D eigenvalue weighted by molar-refractivity contribution is 0.654. The molecule has 0 aliphatic carbocycles. The van der Waals surface area contributed by atoms with Gasteiger partial charge in [0.2, 0.25) is 11.7 Å². The Balaban J connectivity index is 1.41. The minimum Gasteiger partial charge on any atom is -0.438 e. The van der Waals surface area contributed by atoms with E-state index in [9.17, 15) is 0 Å². The minimum absolute atomic E-state index is 0.484. The summed E-state index contributed by atoms with van der Waals surface area (Å²) in [5.74, 6) is 1.61. The summed E-state index contributed by atoms with van der Waals surface area (Å²) in [4.78, 5) is 19.6. The van der Waals surface area contributed by atoms with E-state index in [0.717, 1.165) is 43.7 Å². The third kappa shape index (κ3) is 3.14. The second-order valence-corrected chi connectivity index (χ2v) is 9.17. The van der Waals surface area contributed by atoms with Gasteiger partial charge in [-0.05, 0) is 30.3 Å². The van der Waals surface area contributed by atoms with Crippen molar-refractivity contribution >= 4 is 43.9 Å². The topological polar surface area (TPSA) is 69.6 Å². The molecule has 8 rings (SSSR count). The summed E-state index contributed by atoms with van der Waals surface area (Å²) in [5, 5.41) is 4.29. The number of benzene rings is 4. The quantitative estimate of drug-likeness (QED) is 0.256. The lowest BCUT2D eigenvalue weighted by Crippen LogP contribution is -2.06. The molecule has 4 aromatic carbocycles. The van der Waals surface area contributed by atoms with Gasteiger partial charge in [-0.15, -0.1) is 0 Å².